The molecule has 0 aliphatic rings. The van der Waals surface area contributed by atoms with Crippen molar-refractivity contribution in [2.75, 3.05) is 26.8 Å². The minimum Gasteiger partial charge on any atom is -0.494 e. The summed E-state index contributed by atoms with van der Waals surface area (Å²) in [7, 11) is 2.10. The van der Waals surface area contributed by atoms with Gasteiger partial charge in [0.2, 0.25) is 0 Å². The van der Waals surface area contributed by atoms with Crippen LogP contribution in [0.15, 0.2) is 42.7 Å². The lowest BCUT2D eigenvalue weighted by Gasteiger charge is -2.18. The molecule has 0 amide bonds. The highest BCUT2D eigenvalue weighted by atomic mass is 16.5. The Morgan fingerprint density at radius 1 is 1.14 bits per heavy atom. The first-order valence-corrected chi connectivity index (χ1v) is 7.62. The minimum absolute atomic E-state index is 0.649. The smallest absolute Gasteiger partial charge is 0.123 e. The molecule has 4 heteroatoms. The average molecular weight is 300 g/mol. The Kier molecular flexibility index (Phi) is 6.22. The van der Waals surface area contributed by atoms with Crippen LogP contribution in [0, 0.1) is 6.92 Å². The predicted molar refractivity (Wildman–Crippen MR) is 88.4 cm³/mol. The van der Waals surface area contributed by atoms with Crippen LogP contribution in [0.5, 0.6) is 11.5 Å². The van der Waals surface area contributed by atoms with Crippen LogP contribution in [0.4, 0.5) is 0 Å². The highest BCUT2D eigenvalue weighted by Crippen LogP contribution is 2.19. The Morgan fingerprint density at radius 3 is 2.64 bits per heavy atom. The van der Waals surface area contributed by atoms with Crippen LogP contribution in [-0.2, 0) is 6.54 Å². The molecule has 0 atom stereocenters. The number of hydrogen-bond donors (Lipinski definition) is 0. The maximum atomic E-state index is 5.80. The molecule has 0 spiro atoms. The van der Waals surface area contributed by atoms with Crippen molar-refractivity contribution in [3.8, 4) is 11.5 Å². The lowest BCUT2D eigenvalue weighted by molar-refractivity contribution is 0.231. The van der Waals surface area contributed by atoms with Gasteiger partial charge >= 0.3 is 0 Å². The van der Waals surface area contributed by atoms with Crippen LogP contribution in [0.1, 0.15) is 18.1 Å². The maximum absolute atomic E-state index is 5.80. The molecule has 1 aromatic heterocycles. The second-order valence-electron chi connectivity index (χ2n) is 5.30. The molecule has 0 bridgehead atoms. The van der Waals surface area contributed by atoms with Crippen molar-refractivity contribution in [2.45, 2.75) is 20.4 Å². The van der Waals surface area contributed by atoms with Crippen molar-refractivity contribution in [1.82, 2.24) is 9.88 Å². The van der Waals surface area contributed by atoms with Crippen molar-refractivity contribution >= 4 is 0 Å². The quantitative estimate of drug-likeness (QED) is 0.749. The van der Waals surface area contributed by atoms with Gasteiger partial charge in [0.25, 0.3) is 0 Å². The molecule has 0 aliphatic carbocycles. The van der Waals surface area contributed by atoms with Crippen LogP contribution in [0.3, 0.4) is 0 Å². The van der Waals surface area contributed by atoms with Crippen molar-refractivity contribution in [3.63, 3.8) is 0 Å². The third kappa shape index (κ3) is 5.04. The summed E-state index contributed by atoms with van der Waals surface area (Å²) in [5, 5.41) is 0. The summed E-state index contributed by atoms with van der Waals surface area (Å²) < 4.78 is 11.3. The molecule has 0 N–H and O–H groups in total. The van der Waals surface area contributed by atoms with Crippen LogP contribution >= 0.6 is 0 Å². The van der Waals surface area contributed by atoms with Gasteiger partial charge in [-0.05, 0) is 50.2 Å². The topological polar surface area (TPSA) is 34.6 Å². The number of hydrogen-bond acceptors (Lipinski definition) is 4. The first-order chi connectivity index (χ1) is 10.7. The molecule has 0 radical (unpaired) electrons. The lowest BCUT2D eigenvalue weighted by Crippen LogP contribution is -2.24. The van der Waals surface area contributed by atoms with E-state index in [1.807, 2.05) is 43.6 Å². The Morgan fingerprint density at radius 2 is 1.91 bits per heavy atom. The summed E-state index contributed by atoms with van der Waals surface area (Å²) in [4.78, 5) is 6.37. The Balaban J connectivity index is 1.78. The monoisotopic (exact) mass is 300 g/mol. The maximum Gasteiger partial charge on any atom is 0.123 e. The third-order valence-electron chi connectivity index (χ3n) is 3.43. The molecule has 0 fully saturated rings. The second-order valence-corrected chi connectivity index (χ2v) is 5.30. The number of benzene rings is 1. The molecular formula is C18H24N2O2. The van der Waals surface area contributed by atoms with E-state index in [0.717, 1.165) is 24.6 Å². The Labute approximate surface area is 132 Å². The molecule has 0 unspecified atom stereocenters. The van der Waals surface area contributed by atoms with Gasteiger partial charge in [0.15, 0.2) is 0 Å². The molecule has 0 saturated heterocycles. The first kappa shape index (κ1) is 16.3. The fraction of sp³-hybridized carbons (Fsp3) is 0.389. The zero-order valence-electron chi connectivity index (χ0n) is 13.6. The van der Waals surface area contributed by atoms with Crippen molar-refractivity contribution < 1.29 is 9.47 Å². The molecule has 0 aliphatic heterocycles. The Hall–Kier alpha value is -2.07. The van der Waals surface area contributed by atoms with E-state index in [4.69, 9.17) is 9.47 Å². The lowest BCUT2D eigenvalue weighted by atomic mass is 10.1. The number of likely N-dealkylation sites (N-methyl/N-ethyl adjacent to an activating group) is 1. The fourth-order valence-electron chi connectivity index (χ4n) is 2.19. The molecule has 118 valence electrons. The molecule has 2 rings (SSSR count). The fourth-order valence-corrected chi connectivity index (χ4v) is 2.19. The minimum atomic E-state index is 0.649. The number of pyridine rings is 1. The summed E-state index contributed by atoms with van der Waals surface area (Å²) >= 11 is 0. The molecule has 22 heavy (non-hydrogen) atoms. The number of aryl methyl sites for hydroxylation is 1. The highest BCUT2D eigenvalue weighted by Gasteiger charge is 2.04. The summed E-state index contributed by atoms with van der Waals surface area (Å²) in [5.74, 6) is 1.69. The van der Waals surface area contributed by atoms with E-state index in [1.54, 1.807) is 0 Å². The Bertz CT molecular complexity index is 587. The van der Waals surface area contributed by atoms with Crippen molar-refractivity contribution in [2.24, 2.45) is 0 Å². The van der Waals surface area contributed by atoms with E-state index in [-0.39, 0.29) is 0 Å². The van der Waals surface area contributed by atoms with Crippen LogP contribution in [0.25, 0.3) is 0 Å². The number of ether oxygens (including phenoxy) is 2. The summed E-state index contributed by atoms with van der Waals surface area (Å²) in [6.45, 7) is 7.14. The average Bonchev–Trinajstić information content (AvgIpc) is 2.50. The SMILES string of the molecule is CCOc1cccc(OCCN(C)Cc2ccncc2C)c1. The van der Waals surface area contributed by atoms with E-state index in [0.29, 0.717) is 13.2 Å². The van der Waals surface area contributed by atoms with Gasteiger partial charge in [-0.1, -0.05) is 6.07 Å². The molecule has 4 nitrogen and oxygen atoms in total. The van der Waals surface area contributed by atoms with Gasteiger partial charge in [-0.15, -0.1) is 0 Å². The van der Waals surface area contributed by atoms with E-state index in [2.05, 4.69) is 29.9 Å². The van der Waals surface area contributed by atoms with E-state index < -0.39 is 0 Å². The second kappa shape index (κ2) is 8.39. The largest absolute Gasteiger partial charge is 0.494 e. The van der Waals surface area contributed by atoms with Crippen LogP contribution in [0.2, 0.25) is 0 Å². The van der Waals surface area contributed by atoms with Gasteiger partial charge in [0.05, 0.1) is 6.61 Å². The van der Waals surface area contributed by atoms with E-state index in [1.165, 1.54) is 11.1 Å². The third-order valence-corrected chi connectivity index (χ3v) is 3.43. The molecule has 0 saturated carbocycles. The van der Waals surface area contributed by atoms with Gasteiger partial charge in [0, 0.05) is 31.5 Å². The molecule has 2 aromatic rings. The zero-order chi connectivity index (χ0) is 15.8. The number of rotatable bonds is 8. The number of aromatic nitrogens is 1. The highest BCUT2D eigenvalue weighted by molar-refractivity contribution is 5.32. The zero-order valence-corrected chi connectivity index (χ0v) is 13.6. The molecule has 1 aromatic carbocycles. The van der Waals surface area contributed by atoms with Gasteiger partial charge in [-0.2, -0.15) is 0 Å². The van der Waals surface area contributed by atoms with Crippen molar-refractivity contribution in [3.05, 3.63) is 53.9 Å². The van der Waals surface area contributed by atoms with E-state index >= 15 is 0 Å². The summed E-state index contributed by atoms with van der Waals surface area (Å²) in [6, 6.07) is 9.84. The van der Waals surface area contributed by atoms with Gasteiger partial charge in [-0.3, -0.25) is 9.88 Å². The van der Waals surface area contributed by atoms with Crippen molar-refractivity contribution in [1.29, 1.82) is 0 Å². The normalized spacial score (nSPS) is 10.7. The van der Waals surface area contributed by atoms with Gasteiger partial charge in [0.1, 0.15) is 18.1 Å². The van der Waals surface area contributed by atoms with Crippen LogP contribution in [-0.4, -0.2) is 36.7 Å². The standard InChI is InChI=1S/C18H24N2O2/c1-4-21-17-6-5-7-18(12-17)22-11-10-20(3)14-16-8-9-19-13-15(16)2/h5-9,12-13H,4,10-11,14H2,1-3H3. The molecular weight excluding hydrogens is 276 g/mol. The first-order valence-electron chi connectivity index (χ1n) is 7.62. The van der Waals surface area contributed by atoms with E-state index in [9.17, 15) is 0 Å². The summed E-state index contributed by atoms with van der Waals surface area (Å²) in [5.41, 5.74) is 2.52. The van der Waals surface area contributed by atoms with Gasteiger partial charge < -0.3 is 9.47 Å². The predicted octanol–water partition coefficient (Wildman–Crippen LogP) is 3.30. The molecule has 1 heterocycles. The number of nitrogens with zero attached hydrogens (tertiary/aromatic N) is 2. The summed E-state index contributed by atoms with van der Waals surface area (Å²) in [6.07, 6.45) is 3.74. The van der Waals surface area contributed by atoms with Gasteiger partial charge in [-0.25, -0.2) is 0 Å². The van der Waals surface area contributed by atoms with Crippen LogP contribution < -0.4 is 9.47 Å².